The zero-order valence-electron chi connectivity index (χ0n) is 12.4. The summed E-state index contributed by atoms with van der Waals surface area (Å²) in [5.41, 5.74) is 3.84. The maximum Gasteiger partial charge on any atom is 0.0308 e. The Morgan fingerprint density at radius 3 is 2.75 bits per heavy atom. The van der Waals surface area contributed by atoms with Crippen molar-refractivity contribution in [1.29, 1.82) is 0 Å². The lowest BCUT2D eigenvalue weighted by atomic mass is 10.2. The Hall–Kier alpha value is -1.32. The van der Waals surface area contributed by atoms with E-state index in [1.165, 1.54) is 21.6 Å². The summed E-state index contributed by atoms with van der Waals surface area (Å²) in [7, 11) is 0. The Bertz CT molecular complexity index is 552. The highest BCUT2D eigenvalue weighted by atomic mass is 32.2. The predicted octanol–water partition coefficient (Wildman–Crippen LogP) is 4.18. The number of thioether (sulfide) groups is 1. The van der Waals surface area contributed by atoms with Gasteiger partial charge in [-0.25, -0.2) is 0 Å². The SMILES string of the molecule is Cc1cncc(CSc2cccc(CNC(C)C)c2)c1. The van der Waals surface area contributed by atoms with Gasteiger partial charge in [-0.2, -0.15) is 0 Å². The van der Waals surface area contributed by atoms with Crippen LogP contribution in [-0.4, -0.2) is 11.0 Å². The molecule has 106 valence electrons. The molecule has 0 aliphatic carbocycles. The lowest BCUT2D eigenvalue weighted by molar-refractivity contribution is 0.588. The van der Waals surface area contributed by atoms with E-state index in [2.05, 4.69) is 61.4 Å². The molecule has 20 heavy (non-hydrogen) atoms. The van der Waals surface area contributed by atoms with Crippen molar-refractivity contribution in [1.82, 2.24) is 10.3 Å². The quantitative estimate of drug-likeness (QED) is 0.806. The molecule has 2 nitrogen and oxygen atoms in total. The van der Waals surface area contributed by atoms with Crippen LogP contribution in [0.2, 0.25) is 0 Å². The molecule has 2 aromatic rings. The fourth-order valence-corrected chi connectivity index (χ4v) is 2.83. The van der Waals surface area contributed by atoms with Crippen LogP contribution >= 0.6 is 11.8 Å². The molecule has 0 saturated heterocycles. The van der Waals surface area contributed by atoms with Gasteiger partial charge < -0.3 is 5.32 Å². The maximum absolute atomic E-state index is 4.24. The summed E-state index contributed by atoms with van der Waals surface area (Å²) >= 11 is 1.86. The van der Waals surface area contributed by atoms with Gasteiger partial charge in [0.25, 0.3) is 0 Å². The van der Waals surface area contributed by atoms with Gasteiger partial charge in [0.05, 0.1) is 0 Å². The minimum atomic E-state index is 0.518. The van der Waals surface area contributed by atoms with Crippen molar-refractivity contribution < 1.29 is 0 Å². The molecule has 3 heteroatoms. The number of nitrogens with zero attached hydrogens (tertiary/aromatic N) is 1. The Morgan fingerprint density at radius 2 is 2.00 bits per heavy atom. The van der Waals surface area contributed by atoms with Crippen molar-refractivity contribution in [2.75, 3.05) is 0 Å². The molecule has 1 N–H and O–H groups in total. The first-order chi connectivity index (χ1) is 9.63. The van der Waals surface area contributed by atoms with Crippen LogP contribution in [-0.2, 0) is 12.3 Å². The third kappa shape index (κ3) is 4.99. The molecule has 2 rings (SSSR count). The van der Waals surface area contributed by atoms with Crippen LogP contribution in [0, 0.1) is 6.92 Å². The van der Waals surface area contributed by atoms with Gasteiger partial charge in [0.1, 0.15) is 0 Å². The topological polar surface area (TPSA) is 24.9 Å². The number of benzene rings is 1. The van der Waals surface area contributed by atoms with E-state index in [4.69, 9.17) is 0 Å². The van der Waals surface area contributed by atoms with E-state index >= 15 is 0 Å². The molecule has 0 aliphatic rings. The molecule has 0 aliphatic heterocycles. The average molecular weight is 286 g/mol. The second-order valence-electron chi connectivity index (χ2n) is 5.34. The minimum Gasteiger partial charge on any atom is -0.310 e. The second kappa shape index (κ2) is 7.46. The molecule has 1 aromatic heterocycles. The molecule has 0 radical (unpaired) electrons. The summed E-state index contributed by atoms with van der Waals surface area (Å²) in [6.07, 6.45) is 3.84. The number of nitrogens with one attached hydrogen (secondary N) is 1. The van der Waals surface area contributed by atoms with Crippen molar-refractivity contribution in [3.8, 4) is 0 Å². The minimum absolute atomic E-state index is 0.518. The highest BCUT2D eigenvalue weighted by molar-refractivity contribution is 7.98. The lowest BCUT2D eigenvalue weighted by Crippen LogP contribution is -2.21. The molecule has 0 spiro atoms. The van der Waals surface area contributed by atoms with Crippen LogP contribution < -0.4 is 5.32 Å². The first kappa shape index (κ1) is 15.1. The van der Waals surface area contributed by atoms with E-state index in [1.807, 2.05) is 24.2 Å². The van der Waals surface area contributed by atoms with E-state index < -0.39 is 0 Å². The van der Waals surface area contributed by atoms with Crippen LogP contribution in [0.4, 0.5) is 0 Å². The molecule has 0 bridgehead atoms. The van der Waals surface area contributed by atoms with E-state index in [9.17, 15) is 0 Å². The highest BCUT2D eigenvalue weighted by Gasteiger charge is 2.00. The molecular weight excluding hydrogens is 264 g/mol. The zero-order valence-corrected chi connectivity index (χ0v) is 13.2. The summed E-state index contributed by atoms with van der Waals surface area (Å²) < 4.78 is 0. The fraction of sp³-hybridized carbons (Fsp3) is 0.353. The summed E-state index contributed by atoms with van der Waals surface area (Å²) in [4.78, 5) is 5.55. The van der Waals surface area contributed by atoms with E-state index in [0.29, 0.717) is 6.04 Å². The monoisotopic (exact) mass is 286 g/mol. The van der Waals surface area contributed by atoms with Crippen molar-refractivity contribution >= 4 is 11.8 Å². The van der Waals surface area contributed by atoms with Crippen LogP contribution in [0.25, 0.3) is 0 Å². The van der Waals surface area contributed by atoms with Crippen LogP contribution in [0.3, 0.4) is 0 Å². The normalized spacial score (nSPS) is 11.0. The molecule has 0 fully saturated rings. The smallest absolute Gasteiger partial charge is 0.0308 e. The standard InChI is InChI=1S/C17H22N2S/c1-13(2)19-11-15-5-4-6-17(8-15)20-12-16-7-14(3)9-18-10-16/h4-10,13,19H,11-12H2,1-3H3. The highest BCUT2D eigenvalue weighted by Crippen LogP contribution is 2.23. The number of hydrogen-bond donors (Lipinski definition) is 1. The summed E-state index contributed by atoms with van der Waals surface area (Å²) in [6, 6.07) is 11.5. The largest absolute Gasteiger partial charge is 0.310 e. The number of aromatic nitrogens is 1. The fourth-order valence-electron chi connectivity index (χ4n) is 1.93. The van der Waals surface area contributed by atoms with Gasteiger partial charge in [-0.1, -0.05) is 32.0 Å². The number of pyridine rings is 1. The maximum atomic E-state index is 4.24. The molecule has 1 heterocycles. The van der Waals surface area contributed by atoms with Gasteiger partial charge in [0.15, 0.2) is 0 Å². The first-order valence-electron chi connectivity index (χ1n) is 6.99. The van der Waals surface area contributed by atoms with Crippen LogP contribution in [0.5, 0.6) is 0 Å². The van der Waals surface area contributed by atoms with Crippen molar-refractivity contribution in [2.45, 2.75) is 44.0 Å². The molecule has 1 aromatic carbocycles. The molecule has 0 saturated carbocycles. The Morgan fingerprint density at radius 1 is 1.15 bits per heavy atom. The number of aryl methyl sites for hydroxylation is 1. The lowest BCUT2D eigenvalue weighted by Gasteiger charge is -2.09. The molecule has 0 unspecified atom stereocenters. The van der Waals surface area contributed by atoms with Gasteiger partial charge in [0, 0.05) is 35.6 Å². The van der Waals surface area contributed by atoms with Crippen molar-refractivity contribution in [2.24, 2.45) is 0 Å². The molecular formula is C17H22N2S. The Labute approximate surface area is 126 Å². The van der Waals surface area contributed by atoms with E-state index in [-0.39, 0.29) is 0 Å². The summed E-state index contributed by atoms with van der Waals surface area (Å²) in [5.74, 6) is 0.968. The average Bonchev–Trinajstić information content (AvgIpc) is 2.43. The van der Waals surface area contributed by atoms with E-state index in [1.54, 1.807) is 0 Å². The van der Waals surface area contributed by atoms with Crippen molar-refractivity contribution in [3.05, 3.63) is 59.4 Å². The van der Waals surface area contributed by atoms with Crippen LogP contribution in [0.15, 0.2) is 47.6 Å². The van der Waals surface area contributed by atoms with Gasteiger partial charge >= 0.3 is 0 Å². The van der Waals surface area contributed by atoms with Gasteiger partial charge in [-0.15, -0.1) is 11.8 Å². The second-order valence-corrected chi connectivity index (χ2v) is 6.39. The summed E-state index contributed by atoms with van der Waals surface area (Å²) in [6.45, 7) is 7.35. The third-order valence-corrected chi connectivity index (χ3v) is 4.01. The van der Waals surface area contributed by atoms with Gasteiger partial charge in [0.2, 0.25) is 0 Å². The number of rotatable bonds is 6. The first-order valence-corrected chi connectivity index (χ1v) is 7.97. The molecule has 0 amide bonds. The Kier molecular flexibility index (Phi) is 5.62. The Balaban J connectivity index is 1.94. The van der Waals surface area contributed by atoms with Crippen molar-refractivity contribution in [3.63, 3.8) is 0 Å². The third-order valence-electron chi connectivity index (χ3n) is 2.95. The zero-order chi connectivity index (χ0) is 14.4. The van der Waals surface area contributed by atoms with Gasteiger partial charge in [-0.05, 0) is 35.7 Å². The molecule has 0 atom stereocenters. The van der Waals surface area contributed by atoms with Gasteiger partial charge in [-0.3, -0.25) is 4.98 Å². The number of hydrogen-bond acceptors (Lipinski definition) is 3. The predicted molar refractivity (Wildman–Crippen MR) is 87.0 cm³/mol. The van der Waals surface area contributed by atoms with E-state index in [0.717, 1.165) is 12.3 Å². The summed E-state index contributed by atoms with van der Waals surface area (Å²) in [5, 5.41) is 3.45. The van der Waals surface area contributed by atoms with Crippen LogP contribution in [0.1, 0.15) is 30.5 Å².